The minimum absolute atomic E-state index is 0.203. The van der Waals surface area contributed by atoms with Crippen LogP contribution in [0.5, 0.6) is 0 Å². The molecule has 0 amide bonds. The van der Waals surface area contributed by atoms with E-state index in [2.05, 4.69) is 60.4 Å². The van der Waals surface area contributed by atoms with Crippen molar-refractivity contribution >= 4 is 5.78 Å². The Morgan fingerprint density at radius 2 is 1.35 bits per heavy atom. The Labute approximate surface area is 139 Å². The van der Waals surface area contributed by atoms with Gasteiger partial charge in [0.2, 0.25) is 0 Å². The molecule has 2 aromatic rings. The van der Waals surface area contributed by atoms with E-state index in [-0.39, 0.29) is 12.1 Å². The first-order valence-electron chi connectivity index (χ1n) is 8.67. The number of likely N-dealkylation sites (tertiary alicyclic amines) is 1. The van der Waals surface area contributed by atoms with Crippen LogP contribution in [0.3, 0.4) is 0 Å². The molecular weight excluding hydrogens is 282 g/mol. The molecule has 0 aromatic heterocycles. The van der Waals surface area contributed by atoms with E-state index in [0.29, 0.717) is 18.6 Å². The molecule has 120 valence electrons. The van der Waals surface area contributed by atoms with Gasteiger partial charge in [-0.2, -0.15) is 0 Å². The second-order valence-electron chi connectivity index (χ2n) is 6.39. The molecule has 2 atom stereocenters. The molecule has 1 heterocycles. The Morgan fingerprint density at radius 1 is 0.870 bits per heavy atom. The number of carbonyl (C=O) groups is 1. The standard InChI is InChI=1S/C21H25NO/c1-2-3-14-22-20(17-10-6-4-7-11-17)15-19(23)16-21(22)18-12-8-5-9-13-18/h4-13,20-21H,2-3,14-16H2,1H3/t20-,21+. The third kappa shape index (κ3) is 3.70. The summed E-state index contributed by atoms with van der Waals surface area (Å²) in [6.45, 7) is 3.27. The molecule has 3 rings (SSSR count). The van der Waals surface area contributed by atoms with Crippen molar-refractivity contribution in [2.75, 3.05) is 6.54 Å². The van der Waals surface area contributed by atoms with E-state index in [9.17, 15) is 4.79 Å². The average molecular weight is 307 g/mol. The molecule has 2 heteroatoms. The molecular formula is C21H25NO. The molecule has 1 aliphatic rings. The minimum Gasteiger partial charge on any atom is -0.300 e. The molecule has 1 fully saturated rings. The molecule has 2 aromatic carbocycles. The Bertz CT molecular complexity index is 571. The highest BCUT2D eigenvalue weighted by Gasteiger charge is 2.35. The maximum absolute atomic E-state index is 12.4. The first-order valence-corrected chi connectivity index (χ1v) is 8.67. The number of Topliss-reactive ketones (excluding diaryl/α,β-unsaturated/α-hetero) is 1. The summed E-state index contributed by atoms with van der Waals surface area (Å²) in [5, 5.41) is 0. The highest BCUT2D eigenvalue weighted by Crippen LogP contribution is 2.40. The number of hydrogen-bond donors (Lipinski definition) is 0. The largest absolute Gasteiger partial charge is 0.300 e. The van der Waals surface area contributed by atoms with E-state index in [1.165, 1.54) is 24.0 Å². The van der Waals surface area contributed by atoms with Crippen molar-refractivity contribution in [1.29, 1.82) is 0 Å². The zero-order chi connectivity index (χ0) is 16.1. The summed E-state index contributed by atoms with van der Waals surface area (Å²) in [6, 6.07) is 21.4. The first-order chi connectivity index (χ1) is 11.3. The molecule has 0 unspecified atom stereocenters. The van der Waals surface area contributed by atoms with Crippen molar-refractivity contribution in [3.05, 3.63) is 71.8 Å². The maximum atomic E-state index is 12.4. The number of hydrogen-bond acceptors (Lipinski definition) is 2. The van der Waals surface area contributed by atoms with Gasteiger partial charge in [-0.25, -0.2) is 0 Å². The number of piperidine rings is 1. The monoisotopic (exact) mass is 307 g/mol. The van der Waals surface area contributed by atoms with Crippen molar-refractivity contribution in [2.24, 2.45) is 0 Å². The van der Waals surface area contributed by atoms with E-state index >= 15 is 0 Å². The van der Waals surface area contributed by atoms with Crippen LogP contribution in [-0.2, 0) is 4.79 Å². The third-order valence-electron chi connectivity index (χ3n) is 4.78. The smallest absolute Gasteiger partial charge is 0.136 e. The quantitative estimate of drug-likeness (QED) is 0.780. The van der Waals surface area contributed by atoms with Crippen molar-refractivity contribution in [1.82, 2.24) is 4.90 Å². The predicted molar refractivity (Wildman–Crippen MR) is 94.2 cm³/mol. The van der Waals surface area contributed by atoms with Gasteiger partial charge < -0.3 is 0 Å². The second-order valence-corrected chi connectivity index (χ2v) is 6.39. The highest BCUT2D eigenvalue weighted by atomic mass is 16.1. The molecule has 0 N–H and O–H groups in total. The van der Waals surface area contributed by atoms with Crippen LogP contribution in [0, 0.1) is 0 Å². The second kappa shape index (κ2) is 7.56. The van der Waals surface area contributed by atoms with Gasteiger partial charge in [0.15, 0.2) is 0 Å². The van der Waals surface area contributed by atoms with Crippen molar-refractivity contribution < 1.29 is 4.79 Å². The molecule has 1 saturated heterocycles. The SMILES string of the molecule is CCCCN1[C@@H](c2ccccc2)CC(=O)C[C@H]1c1ccccc1. The van der Waals surface area contributed by atoms with Crippen LogP contribution in [-0.4, -0.2) is 17.2 Å². The van der Waals surface area contributed by atoms with Crippen molar-refractivity contribution in [3.63, 3.8) is 0 Å². The van der Waals surface area contributed by atoms with E-state index in [1.807, 2.05) is 12.1 Å². The van der Waals surface area contributed by atoms with Crippen LogP contribution in [0.4, 0.5) is 0 Å². The first kappa shape index (κ1) is 15.9. The summed E-state index contributed by atoms with van der Waals surface area (Å²) in [7, 11) is 0. The van der Waals surface area contributed by atoms with Gasteiger partial charge >= 0.3 is 0 Å². The lowest BCUT2D eigenvalue weighted by molar-refractivity contribution is -0.125. The highest BCUT2D eigenvalue weighted by molar-refractivity contribution is 5.81. The molecule has 23 heavy (non-hydrogen) atoms. The molecule has 1 aliphatic heterocycles. The zero-order valence-corrected chi connectivity index (χ0v) is 13.8. The number of carbonyl (C=O) groups excluding carboxylic acids is 1. The lowest BCUT2D eigenvalue weighted by Gasteiger charge is -2.42. The summed E-state index contributed by atoms with van der Waals surface area (Å²) in [4.78, 5) is 15.0. The summed E-state index contributed by atoms with van der Waals surface area (Å²) in [5.74, 6) is 0.375. The van der Waals surface area contributed by atoms with Crippen LogP contribution in [0.15, 0.2) is 60.7 Å². The van der Waals surface area contributed by atoms with Crippen LogP contribution >= 0.6 is 0 Å². The van der Waals surface area contributed by atoms with Crippen LogP contribution < -0.4 is 0 Å². The normalized spacial score (nSPS) is 22.2. The van der Waals surface area contributed by atoms with Gasteiger partial charge in [0.05, 0.1) is 0 Å². The number of benzene rings is 2. The average Bonchev–Trinajstić information content (AvgIpc) is 2.61. The van der Waals surface area contributed by atoms with Crippen molar-refractivity contribution in [2.45, 2.75) is 44.7 Å². The fraction of sp³-hybridized carbons (Fsp3) is 0.381. The fourth-order valence-electron chi connectivity index (χ4n) is 3.59. The van der Waals surface area contributed by atoms with Gasteiger partial charge in [0.1, 0.15) is 5.78 Å². The molecule has 0 bridgehead atoms. The number of nitrogens with zero attached hydrogens (tertiary/aromatic N) is 1. The van der Waals surface area contributed by atoms with Crippen LogP contribution in [0.25, 0.3) is 0 Å². The van der Waals surface area contributed by atoms with Gasteiger partial charge in [0.25, 0.3) is 0 Å². The molecule has 0 saturated carbocycles. The number of rotatable bonds is 5. The molecule has 2 nitrogen and oxygen atoms in total. The summed E-state index contributed by atoms with van der Waals surface area (Å²) >= 11 is 0. The van der Waals surface area contributed by atoms with Gasteiger partial charge in [-0.15, -0.1) is 0 Å². The Hall–Kier alpha value is -1.93. The van der Waals surface area contributed by atoms with E-state index in [0.717, 1.165) is 6.54 Å². The van der Waals surface area contributed by atoms with Gasteiger partial charge in [-0.05, 0) is 24.1 Å². The third-order valence-corrected chi connectivity index (χ3v) is 4.78. The van der Waals surface area contributed by atoms with Crippen LogP contribution in [0.1, 0.15) is 55.8 Å². The minimum atomic E-state index is 0.203. The number of unbranched alkanes of at least 4 members (excludes halogenated alkanes) is 1. The van der Waals surface area contributed by atoms with E-state index in [4.69, 9.17) is 0 Å². The Morgan fingerprint density at radius 3 is 1.78 bits per heavy atom. The summed E-state index contributed by atoms with van der Waals surface area (Å²) in [5.41, 5.74) is 2.52. The van der Waals surface area contributed by atoms with E-state index in [1.54, 1.807) is 0 Å². The molecule has 0 spiro atoms. The lowest BCUT2D eigenvalue weighted by Crippen LogP contribution is -2.40. The van der Waals surface area contributed by atoms with Crippen molar-refractivity contribution in [3.8, 4) is 0 Å². The number of ketones is 1. The summed E-state index contributed by atoms with van der Waals surface area (Å²) < 4.78 is 0. The van der Waals surface area contributed by atoms with Gasteiger partial charge in [-0.3, -0.25) is 9.69 Å². The molecule has 0 radical (unpaired) electrons. The summed E-state index contributed by atoms with van der Waals surface area (Å²) in [6.07, 6.45) is 3.61. The Balaban J connectivity index is 1.95. The predicted octanol–water partition coefficient (Wildman–Crippen LogP) is 4.93. The topological polar surface area (TPSA) is 20.3 Å². The van der Waals surface area contributed by atoms with E-state index < -0.39 is 0 Å². The maximum Gasteiger partial charge on any atom is 0.136 e. The Kier molecular flexibility index (Phi) is 5.24. The fourth-order valence-corrected chi connectivity index (χ4v) is 3.59. The van der Waals surface area contributed by atoms with Crippen LogP contribution in [0.2, 0.25) is 0 Å². The van der Waals surface area contributed by atoms with Gasteiger partial charge in [-0.1, -0.05) is 74.0 Å². The molecule has 0 aliphatic carbocycles. The zero-order valence-electron chi connectivity index (χ0n) is 13.8. The lowest BCUT2D eigenvalue weighted by atomic mass is 9.86. The van der Waals surface area contributed by atoms with Gasteiger partial charge in [0, 0.05) is 24.9 Å².